The van der Waals surface area contributed by atoms with E-state index in [-0.39, 0.29) is 6.04 Å². The Bertz CT molecular complexity index is 281. The van der Waals surface area contributed by atoms with Gasteiger partial charge in [0.25, 0.3) is 0 Å². The first kappa shape index (κ1) is 10.1. The lowest BCUT2D eigenvalue weighted by molar-refractivity contribution is 0.456. The van der Waals surface area contributed by atoms with Crippen LogP contribution in [-0.2, 0) is 6.42 Å². The maximum atomic E-state index is 9.81. The van der Waals surface area contributed by atoms with Crippen LogP contribution in [0.4, 0.5) is 0 Å². The van der Waals surface area contributed by atoms with Crippen LogP contribution in [0.1, 0.15) is 37.4 Å². The van der Waals surface area contributed by atoms with E-state index in [1.165, 1.54) is 0 Å². The number of aromatic hydroxyl groups is 1. The summed E-state index contributed by atoms with van der Waals surface area (Å²) in [6.45, 7) is 3.97. The van der Waals surface area contributed by atoms with Gasteiger partial charge in [-0.05, 0) is 18.9 Å². The van der Waals surface area contributed by atoms with Gasteiger partial charge in [0.2, 0.25) is 0 Å². The fourth-order valence-electron chi connectivity index (χ4n) is 1.45. The van der Waals surface area contributed by atoms with Crippen LogP contribution in [0.3, 0.4) is 0 Å². The number of phenols is 1. The standard InChI is InChI=1S/C11H17NO/c1-3-5-9-6-4-7-10(8(2)12)11(9)13/h4,6-8,13H,3,5,12H2,1-2H3/t8-/m0/s1. The van der Waals surface area contributed by atoms with Crippen molar-refractivity contribution in [2.45, 2.75) is 32.7 Å². The van der Waals surface area contributed by atoms with Crippen LogP contribution in [0.2, 0.25) is 0 Å². The van der Waals surface area contributed by atoms with E-state index >= 15 is 0 Å². The van der Waals surface area contributed by atoms with Crippen LogP contribution in [-0.4, -0.2) is 5.11 Å². The number of phenolic OH excluding ortho intramolecular Hbond substituents is 1. The van der Waals surface area contributed by atoms with Crippen LogP contribution in [0.15, 0.2) is 18.2 Å². The Morgan fingerprint density at radius 3 is 2.69 bits per heavy atom. The van der Waals surface area contributed by atoms with Gasteiger partial charge in [0.05, 0.1) is 0 Å². The Balaban J connectivity index is 3.03. The topological polar surface area (TPSA) is 46.2 Å². The molecule has 1 aromatic rings. The highest BCUT2D eigenvalue weighted by molar-refractivity contribution is 5.41. The van der Waals surface area contributed by atoms with E-state index in [9.17, 15) is 5.11 Å². The zero-order valence-corrected chi connectivity index (χ0v) is 8.25. The third kappa shape index (κ3) is 2.22. The molecule has 0 aliphatic heterocycles. The zero-order chi connectivity index (χ0) is 9.84. The minimum absolute atomic E-state index is 0.100. The smallest absolute Gasteiger partial charge is 0.123 e. The van der Waals surface area contributed by atoms with Crippen molar-refractivity contribution in [1.82, 2.24) is 0 Å². The summed E-state index contributed by atoms with van der Waals surface area (Å²) in [5.41, 5.74) is 7.56. The summed E-state index contributed by atoms with van der Waals surface area (Å²) in [7, 11) is 0. The fraction of sp³-hybridized carbons (Fsp3) is 0.455. The molecule has 0 aliphatic carbocycles. The number of hydrogen-bond donors (Lipinski definition) is 2. The summed E-state index contributed by atoms with van der Waals surface area (Å²) in [6.07, 6.45) is 1.95. The first-order chi connectivity index (χ1) is 6.16. The number of rotatable bonds is 3. The molecular weight excluding hydrogens is 162 g/mol. The summed E-state index contributed by atoms with van der Waals surface area (Å²) < 4.78 is 0. The molecule has 0 bridgehead atoms. The molecule has 2 nitrogen and oxygen atoms in total. The van der Waals surface area contributed by atoms with E-state index in [1.807, 2.05) is 25.1 Å². The maximum Gasteiger partial charge on any atom is 0.123 e. The van der Waals surface area contributed by atoms with Gasteiger partial charge in [-0.3, -0.25) is 0 Å². The van der Waals surface area contributed by atoms with E-state index < -0.39 is 0 Å². The van der Waals surface area contributed by atoms with Crippen LogP contribution >= 0.6 is 0 Å². The molecule has 0 spiro atoms. The number of benzene rings is 1. The van der Waals surface area contributed by atoms with Crippen LogP contribution in [0.5, 0.6) is 5.75 Å². The molecule has 1 aromatic carbocycles. The van der Waals surface area contributed by atoms with Crippen molar-refractivity contribution in [2.24, 2.45) is 5.73 Å². The first-order valence-corrected chi connectivity index (χ1v) is 4.73. The summed E-state index contributed by atoms with van der Waals surface area (Å²) in [6, 6.07) is 5.67. The normalized spacial score (nSPS) is 12.8. The lowest BCUT2D eigenvalue weighted by Gasteiger charge is -2.11. The molecule has 1 atom stereocenters. The first-order valence-electron chi connectivity index (χ1n) is 4.73. The second-order valence-electron chi connectivity index (χ2n) is 3.39. The van der Waals surface area contributed by atoms with Gasteiger partial charge in [-0.25, -0.2) is 0 Å². The highest BCUT2D eigenvalue weighted by Crippen LogP contribution is 2.27. The molecule has 13 heavy (non-hydrogen) atoms. The van der Waals surface area contributed by atoms with E-state index in [0.717, 1.165) is 24.0 Å². The van der Waals surface area contributed by atoms with Gasteiger partial charge in [-0.15, -0.1) is 0 Å². The number of hydrogen-bond acceptors (Lipinski definition) is 2. The lowest BCUT2D eigenvalue weighted by Crippen LogP contribution is -2.05. The van der Waals surface area contributed by atoms with Crippen LogP contribution in [0.25, 0.3) is 0 Å². The van der Waals surface area contributed by atoms with Gasteiger partial charge >= 0.3 is 0 Å². The maximum absolute atomic E-state index is 9.81. The molecular formula is C11H17NO. The average Bonchev–Trinajstić information content (AvgIpc) is 2.08. The van der Waals surface area contributed by atoms with Crippen molar-refractivity contribution in [1.29, 1.82) is 0 Å². The zero-order valence-electron chi connectivity index (χ0n) is 8.25. The summed E-state index contributed by atoms with van der Waals surface area (Å²) in [5.74, 6) is 0.374. The molecule has 0 heterocycles. The van der Waals surface area contributed by atoms with Gasteiger partial charge < -0.3 is 10.8 Å². The number of para-hydroxylation sites is 1. The summed E-state index contributed by atoms with van der Waals surface area (Å²) in [5, 5.41) is 9.81. The highest BCUT2D eigenvalue weighted by atomic mass is 16.3. The molecule has 3 N–H and O–H groups in total. The minimum Gasteiger partial charge on any atom is -0.507 e. The fourth-order valence-corrected chi connectivity index (χ4v) is 1.45. The SMILES string of the molecule is CCCc1cccc([C@H](C)N)c1O. The molecule has 2 heteroatoms. The molecule has 1 rings (SSSR count). The van der Waals surface area contributed by atoms with E-state index in [0.29, 0.717) is 5.75 Å². The Morgan fingerprint density at radius 2 is 2.15 bits per heavy atom. The van der Waals surface area contributed by atoms with E-state index in [2.05, 4.69) is 6.92 Å². The predicted molar refractivity (Wildman–Crippen MR) is 54.7 cm³/mol. The van der Waals surface area contributed by atoms with Crippen molar-refractivity contribution in [3.63, 3.8) is 0 Å². The number of nitrogens with two attached hydrogens (primary N) is 1. The Kier molecular flexibility index (Phi) is 3.32. The van der Waals surface area contributed by atoms with Crippen molar-refractivity contribution >= 4 is 0 Å². The second kappa shape index (κ2) is 4.28. The molecule has 0 aliphatic rings. The van der Waals surface area contributed by atoms with Crippen LogP contribution < -0.4 is 5.73 Å². The monoisotopic (exact) mass is 179 g/mol. The summed E-state index contributed by atoms with van der Waals surface area (Å²) in [4.78, 5) is 0. The van der Waals surface area contributed by atoms with Gasteiger partial charge in [-0.2, -0.15) is 0 Å². The lowest BCUT2D eigenvalue weighted by atomic mass is 10.0. The molecule has 0 fully saturated rings. The van der Waals surface area contributed by atoms with Crippen molar-refractivity contribution in [3.05, 3.63) is 29.3 Å². The van der Waals surface area contributed by atoms with Gasteiger partial charge in [0.1, 0.15) is 5.75 Å². The van der Waals surface area contributed by atoms with E-state index in [1.54, 1.807) is 0 Å². The van der Waals surface area contributed by atoms with Gasteiger partial charge in [-0.1, -0.05) is 31.5 Å². The third-order valence-electron chi connectivity index (χ3n) is 2.16. The Morgan fingerprint density at radius 1 is 1.46 bits per heavy atom. The second-order valence-corrected chi connectivity index (χ2v) is 3.39. The van der Waals surface area contributed by atoms with Crippen molar-refractivity contribution in [2.75, 3.05) is 0 Å². The molecule has 72 valence electrons. The molecule has 0 amide bonds. The van der Waals surface area contributed by atoms with Crippen LogP contribution in [0, 0.1) is 0 Å². The van der Waals surface area contributed by atoms with Gasteiger partial charge in [0, 0.05) is 11.6 Å². The quantitative estimate of drug-likeness (QED) is 0.748. The Labute approximate surface area is 79.4 Å². The average molecular weight is 179 g/mol. The van der Waals surface area contributed by atoms with Gasteiger partial charge in [0.15, 0.2) is 0 Å². The molecule has 0 saturated carbocycles. The molecule has 0 unspecified atom stereocenters. The minimum atomic E-state index is -0.100. The molecule has 0 saturated heterocycles. The summed E-state index contributed by atoms with van der Waals surface area (Å²) >= 11 is 0. The molecule has 0 aromatic heterocycles. The largest absolute Gasteiger partial charge is 0.507 e. The van der Waals surface area contributed by atoms with Crippen molar-refractivity contribution in [3.8, 4) is 5.75 Å². The van der Waals surface area contributed by atoms with Crippen molar-refractivity contribution < 1.29 is 5.11 Å². The van der Waals surface area contributed by atoms with E-state index in [4.69, 9.17) is 5.73 Å². The Hall–Kier alpha value is -1.02. The predicted octanol–water partition coefficient (Wildman–Crippen LogP) is 2.36. The highest BCUT2D eigenvalue weighted by Gasteiger charge is 2.08. The number of aryl methyl sites for hydroxylation is 1. The molecule has 0 radical (unpaired) electrons. The third-order valence-corrected chi connectivity index (χ3v) is 2.16.